The van der Waals surface area contributed by atoms with Crippen LogP contribution in [-0.4, -0.2) is 0 Å². The van der Waals surface area contributed by atoms with Crippen molar-refractivity contribution >= 4 is 71.7 Å². The number of nitrogens with zero attached hydrogens (tertiary/aromatic N) is 1. The summed E-state index contributed by atoms with van der Waals surface area (Å²) in [5, 5.41) is 6.66. The quantitative estimate of drug-likeness (QED) is 0.218. The number of hydrogen-bond donors (Lipinski definition) is 0. The van der Waals surface area contributed by atoms with Gasteiger partial charge >= 0.3 is 0 Å². The first-order valence-corrected chi connectivity index (χ1v) is 14.5. The minimum Gasteiger partial charge on any atom is -0.456 e. The van der Waals surface area contributed by atoms with Gasteiger partial charge in [-0.05, 0) is 70.4 Å². The molecule has 0 saturated heterocycles. The maximum absolute atomic E-state index is 6.78. The Bertz CT molecular complexity index is 2450. The van der Waals surface area contributed by atoms with E-state index in [0.717, 1.165) is 72.1 Å². The molecule has 3 nitrogen and oxygen atoms in total. The van der Waals surface area contributed by atoms with Gasteiger partial charge in [0.1, 0.15) is 16.7 Å². The van der Waals surface area contributed by atoms with Crippen molar-refractivity contribution in [3.63, 3.8) is 0 Å². The largest absolute Gasteiger partial charge is 0.456 e. The summed E-state index contributed by atoms with van der Waals surface area (Å²) in [6.07, 6.45) is 0. The molecule has 0 fully saturated rings. The number of rotatable bonds is 4. The van der Waals surface area contributed by atoms with E-state index in [2.05, 4.69) is 138 Å². The molecule has 0 aliphatic heterocycles. The lowest BCUT2D eigenvalue weighted by Crippen LogP contribution is -2.10. The average Bonchev–Trinajstić information content (AvgIpc) is 3.62. The zero-order chi connectivity index (χ0) is 28.3. The van der Waals surface area contributed by atoms with Crippen LogP contribution >= 0.6 is 0 Å². The van der Waals surface area contributed by atoms with Gasteiger partial charge in [-0.2, -0.15) is 0 Å². The van der Waals surface area contributed by atoms with Crippen LogP contribution in [0.1, 0.15) is 0 Å². The minimum atomic E-state index is 0.840. The van der Waals surface area contributed by atoms with E-state index >= 15 is 0 Å². The van der Waals surface area contributed by atoms with Crippen molar-refractivity contribution in [2.75, 3.05) is 4.90 Å². The van der Waals surface area contributed by atoms with Gasteiger partial charge in [-0.25, -0.2) is 0 Å². The van der Waals surface area contributed by atoms with Gasteiger partial charge in [0.05, 0.1) is 5.69 Å². The van der Waals surface area contributed by atoms with Crippen LogP contribution in [0.15, 0.2) is 160 Å². The number of benzene rings is 7. The summed E-state index contributed by atoms with van der Waals surface area (Å²) < 4.78 is 13.2. The Morgan fingerprint density at radius 2 is 1.14 bits per heavy atom. The normalized spacial score (nSPS) is 11.7. The molecule has 7 aromatic carbocycles. The maximum Gasteiger partial charge on any atom is 0.159 e. The lowest BCUT2D eigenvalue weighted by molar-refractivity contribution is 0.664. The van der Waals surface area contributed by atoms with Crippen molar-refractivity contribution in [2.24, 2.45) is 0 Å². The van der Waals surface area contributed by atoms with E-state index in [0.29, 0.717) is 0 Å². The van der Waals surface area contributed by atoms with Crippen molar-refractivity contribution in [3.8, 4) is 11.1 Å². The SMILES string of the molecule is c1ccc(-c2cccc3oc4cc5c(cc4c23)oc2c(N(c3ccccc3)c3ccc4ccccc4c3)cccc25)cc1. The second-order valence-corrected chi connectivity index (χ2v) is 10.9. The number of furan rings is 2. The molecule has 3 heteroatoms. The van der Waals surface area contributed by atoms with E-state index in [-0.39, 0.29) is 0 Å². The molecule has 0 amide bonds. The zero-order valence-corrected chi connectivity index (χ0v) is 23.2. The van der Waals surface area contributed by atoms with Crippen molar-refractivity contribution in [3.05, 3.63) is 152 Å². The molecule has 0 saturated carbocycles. The molecule has 0 aliphatic carbocycles. The van der Waals surface area contributed by atoms with Crippen LogP contribution in [0.25, 0.3) is 65.8 Å². The van der Waals surface area contributed by atoms with Gasteiger partial charge in [-0.15, -0.1) is 0 Å². The Hall–Kier alpha value is -5.80. The topological polar surface area (TPSA) is 29.5 Å². The third kappa shape index (κ3) is 3.75. The molecule has 43 heavy (non-hydrogen) atoms. The van der Waals surface area contributed by atoms with E-state index in [4.69, 9.17) is 8.83 Å². The summed E-state index contributed by atoms with van der Waals surface area (Å²) in [4.78, 5) is 2.28. The first kappa shape index (κ1) is 23.9. The molecule has 0 bridgehead atoms. The van der Waals surface area contributed by atoms with Gasteiger partial charge in [0.25, 0.3) is 0 Å². The summed E-state index contributed by atoms with van der Waals surface area (Å²) in [5.74, 6) is 0. The fourth-order valence-corrected chi connectivity index (χ4v) is 6.46. The van der Waals surface area contributed by atoms with Gasteiger partial charge < -0.3 is 13.7 Å². The van der Waals surface area contributed by atoms with E-state index in [9.17, 15) is 0 Å². The van der Waals surface area contributed by atoms with Gasteiger partial charge in [0.2, 0.25) is 0 Å². The third-order valence-corrected chi connectivity index (χ3v) is 8.43. The molecular formula is C40H25NO2. The van der Waals surface area contributed by atoms with E-state index in [1.807, 2.05) is 18.2 Å². The first-order chi connectivity index (χ1) is 21.3. The minimum absolute atomic E-state index is 0.840. The van der Waals surface area contributed by atoms with Crippen molar-refractivity contribution in [2.45, 2.75) is 0 Å². The molecule has 9 rings (SSSR count). The Morgan fingerprint density at radius 3 is 2.00 bits per heavy atom. The van der Waals surface area contributed by atoms with Crippen LogP contribution in [0.2, 0.25) is 0 Å². The van der Waals surface area contributed by atoms with Gasteiger partial charge in [-0.3, -0.25) is 0 Å². The molecule has 0 radical (unpaired) electrons. The highest BCUT2D eigenvalue weighted by atomic mass is 16.3. The van der Waals surface area contributed by atoms with Crippen LogP contribution in [0.3, 0.4) is 0 Å². The molecule has 0 spiro atoms. The Balaban J connectivity index is 1.30. The standard InChI is InChI=1S/C40H25NO2/c1-3-12-27(13-4-1)31-17-10-20-36-39(31)34-25-37-33(24-38(34)42-36)32-18-9-19-35(40(32)43-37)41(29-15-5-2-6-16-29)30-22-21-26-11-7-8-14-28(26)23-30/h1-25H. The van der Waals surface area contributed by atoms with E-state index in [1.165, 1.54) is 10.8 Å². The zero-order valence-electron chi connectivity index (χ0n) is 23.2. The van der Waals surface area contributed by atoms with E-state index < -0.39 is 0 Å². The Labute approximate surface area is 247 Å². The highest BCUT2D eigenvalue weighted by Gasteiger charge is 2.21. The highest BCUT2D eigenvalue weighted by molar-refractivity contribution is 6.19. The summed E-state index contributed by atoms with van der Waals surface area (Å²) in [7, 11) is 0. The van der Waals surface area contributed by atoms with Crippen LogP contribution in [0, 0.1) is 0 Å². The number of anilines is 3. The third-order valence-electron chi connectivity index (χ3n) is 8.43. The Kier molecular flexibility index (Phi) is 5.20. The van der Waals surface area contributed by atoms with Crippen molar-refractivity contribution < 1.29 is 8.83 Å². The summed E-state index contributed by atoms with van der Waals surface area (Å²) >= 11 is 0. The highest BCUT2D eigenvalue weighted by Crippen LogP contribution is 2.45. The molecule has 9 aromatic rings. The monoisotopic (exact) mass is 551 g/mol. The summed E-state index contributed by atoms with van der Waals surface area (Å²) in [6, 6.07) is 53.0. The molecule has 0 atom stereocenters. The molecule has 202 valence electrons. The molecule has 0 unspecified atom stereocenters. The van der Waals surface area contributed by atoms with Crippen LogP contribution < -0.4 is 4.90 Å². The molecule has 2 heterocycles. The number of para-hydroxylation sites is 2. The predicted molar refractivity (Wildman–Crippen MR) is 179 cm³/mol. The lowest BCUT2D eigenvalue weighted by atomic mass is 9.99. The average molecular weight is 552 g/mol. The first-order valence-electron chi connectivity index (χ1n) is 14.5. The van der Waals surface area contributed by atoms with Crippen molar-refractivity contribution in [1.82, 2.24) is 0 Å². The summed E-state index contributed by atoms with van der Waals surface area (Å²) in [6.45, 7) is 0. The van der Waals surface area contributed by atoms with Gasteiger partial charge in [0.15, 0.2) is 5.58 Å². The summed E-state index contributed by atoms with van der Waals surface area (Å²) in [5.41, 5.74) is 8.86. The maximum atomic E-state index is 6.78. The lowest BCUT2D eigenvalue weighted by Gasteiger charge is -2.25. The smallest absolute Gasteiger partial charge is 0.159 e. The van der Waals surface area contributed by atoms with Gasteiger partial charge in [0, 0.05) is 32.9 Å². The fourth-order valence-electron chi connectivity index (χ4n) is 6.46. The molecule has 0 aliphatic rings. The van der Waals surface area contributed by atoms with Crippen LogP contribution in [-0.2, 0) is 0 Å². The van der Waals surface area contributed by atoms with Gasteiger partial charge in [-0.1, -0.05) is 103 Å². The fraction of sp³-hybridized carbons (Fsp3) is 0. The molecular weight excluding hydrogens is 526 g/mol. The predicted octanol–water partition coefficient (Wildman–Crippen LogP) is 11.8. The number of hydrogen-bond acceptors (Lipinski definition) is 3. The number of fused-ring (bicyclic) bond motifs is 7. The van der Waals surface area contributed by atoms with Crippen LogP contribution in [0.5, 0.6) is 0 Å². The molecule has 0 N–H and O–H groups in total. The Morgan fingerprint density at radius 1 is 0.419 bits per heavy atom. The second kappa shape index (κ2) is 9.37. The van der Waals surface area contributed by atoms with Crippen LogP contribution in [0.4, 0.5) is 17.1 Å². The molecule has 2 aromatic heterocycles. The van der Waals surface area contributed by atoms with Crippen molar-refractivity contribution in [1.29, 1.82) is 0 Å². The second-order valence-electron chi connectivity index (χ2n) is 10.9. The van der Waals surface area contributed by atoms with E-state index in [1.54, 1.807) is 0 Å².